The highest BCUT2D eigenvalue weighted by molar-refractivity contribution is 6.31. The van der Waals surface area contributed by atoms with Gasteiger partial charge in [-0.15, -0.1) is 12.4 Å². The summed E-state index contributed by atoms with van der Waals surface area (Å²) in [6, 6.07) is 3.17. The third-order valence-corrected chi connectivity index (χ3v) is 3.34. The summed E-state index contributed by atoms with van der Waals surface area (Å²) in [5.41, 5.74) is 5.18. The third kappa shape index (κ3) is 3.53. The molecule has 0 spiro atoms. The van der Waals surface area contributed by atoms with Crippen molar-refractivity contribution in [1.82, 2.24) is 0 Å². The van der Waals surface area contributed by atoms with Gasteiger partial charge in [-0.1, -0.05) is 30.5 Å². The predicted molar refractivity (Wildman–Crippen MR) is 68.0 cm³/mol. The SMILES string of the molecule is Cl.N[C@@H](CC1CC1)c1c(Cl)cccc1C(F)(F)F. The highest BCUT2D eigenvalue weighted by Gasteiger charge is 2.36. The maximum absolute atomic E-state index is 12.8. The molecule has 0 aliphatic heterocycles. The minimum Gasteiger partial charge on any atom is -0.324 e. The molecule has 0 radical (unpaired) electrons. The van der Waals surface area contributed by atoms with Crippen molar-refractivity contribution in [2.45, 2.75) is 31.5 Å². The molecule has 1 fully saturated rings. The Morgan fingerprint density at radius 1 is 1.33 bits per heavy atom. The van der Waals surface area contributed by atoms with E-state index in [0.717, 1.165) is 18.9 Å². The molecule has 1 aliphatic carbocycles. The fourth-order valence-corrected chi connectivity index (χ4v) is 2.31. The van der Waals surface area contributed by atoms with Crippen molar-refractivity contribution in [3.8, 4) is 0 Å². The maximum Gasteiger partial charge on any atom is 0.416 e. The average Bonchev–Trinajstić information content (AvgIpc) is 2.99. The normalized spacial score (nSPS) is 17.2. The highest BCUT2D eigenvalue weighted by Crippen LogP contribution is 2.42. The van der Waals surface area contributed by atoms with Crippen molar-refractivity contribution in [2.75, 3.05) is 0 Å². The minimum atomic E-state index is -4.40. The first-order valence-electron chi connectivity index (χ1n) is 5.50. The standard InChI is InChI=1S/C12H13ClF3N.ClH/c13-9-3-1-2-8(12(14,15)16)11(9)10(17)6-7-4-5-7;/h1-3,7,10H,4-6,17H2;1H/t10-;/m0./s1. The van der Waals surface area contributed by atoms with E-state index in [4.69, 9.17) is 17.3 Å². The number of rotatable bonds is 3. The summed E-state index contributed by atoms with van der Waals surface area (Å²) in [7, 11) is 0. The Hall–Kier alpha value is -0.450. The van der Waals surface area contributed by atoms with Crippen molar-refractivity contribution < 1.29 is 13.2 Å². The first-order valence-corrected chi connectivity index (χ1v) is 5.88. The van der Waals surface area contributed by atoms with Crippen molar-refractivity contribution in [1.29, 1.82) is 0 Å². The molecular weight excluding hydrogens is 286 g/mol. The Morgan fingerprint density at radius 2 is 1.94 bits per heavy atom. The summed E-state index contributed by atoms with van der Waals surface area (Å²) >= 11 is 5.85. The lowest BCUT2D eigenvalue weighted by Gasteiger charge is -2.19. The number of hydrogen-bond donors (Lipinski definition) is 1. The van der Waals surface area contributed by atoms with Gasteiger partial charge in [-0.25, -0.2) is 0 Å². The van der Waals surface area contributed by atoms with Gasteiger partial charge in [0.1, 0.15) is 0 Å². The number of hydrogen-bond acceptors (Lipinski definition) is 1. The molecule has 1 aromatic carbocycles. The first kappa shape index (κ1) is 15.6. The van der Waals surface area contributed by atoms with Gasteiger partial charge in [0.25, 0.3) is 0 Å². The van der Waals surface area contributed by atoms with Crippen LogP contribution in [0.3, 0.4) is 0 Å². The molecule has 2 rings (SSSR count). The quantitative estimate of drug-likeness (QED) is 0.868. The first-order chi connectivity index (χ1) is 7.89. The fraction of sp³-hybridized carbons (Fsp3) is 0.500. The zero-order valence-electron chi connectivity index (χ0n) is 9.51. The molecular formula is C12H14Cl2F3N. The van der Waals surface area contributed by atoms with Crippen LogP contribution in [0, 0.1) is 5.92 Å². The van der Waals surface area contributed by atoms with Crippen LogP contribution in [0.25, 0.3) is 0 Å². The Labute approximate surface area is 115 Å². The van der Waals surface area contributed by atoms with Crippen molar-refractivity contribution in [3.05, 3.63) is 34.3 Å². The van der Waals surface area contributed by atoms with Gasteiger partial charge in [0.15, 0.2) is 0 Å². The Bertz CT molecular complexity index is 416. The molecule has 0 amide bonds. The van der Waals surface area contributed by atoms with Gasteiger partial charge < -0.3 is 5.73 Å². The minimum absolute atomic E-state index is 0. The Morgan fingerprint density at radius 3 is 2.44 bits per heavy atom. The molecule has 1 aliphatic rings. The summed E-state index contributed by atoms with van der Waals surface area (Å²) in [4.78, 5) is 0. The van der Waals surface area contributed by atoms with Gasteiger partial charge in [-0.2, -0.15) is 13.2 Å². The van der Waals surface area contributed by atoms with Crippen molar-refractivity contribution >= 4 is 24.0 Å². The highest BCUT2D eigenvalue weighted by atomic mass is 35.5. The molecule has 0 aromatic heterocycles. The third-order valence-electron chi connectivity index (χ3n) is 3.01. The van der Waals surface area contributed by atoms with E-state index in [2.05, 4.69) is 0 Å². The van der Waals surface area contributed by atoms with E-state index >= 15 is 0 Å². The van der Waals surface area contributed by atoms with E-state index in [1.165, 1.54) is 12.1 Å². The molecule has 1 saturated carbocycles. The van der Waals surface area contributed by atoms with Crippen LogP contribution in [0.5, 0.6) is 0 Å². The van der Waals surface area contributed by atoms with Crippen LogP contribution in [0.1, 0.15) is 36.4 Å². The molecule has 0 bridgehead atoms. The van der Waals surface area contributed by atoms with E-state index in [9.17, 15) is 13.2 Å². The van der Waals surface area contributed by atoms with Crippen LogP contribution in [0.2, 0.25) is 5.02 Å². The van der Waals surface area contributed by atoms with Gasteiger partial charge in [-0.05, 0) is 30.0 Å². The zero-order chi connectivity index (χ0) is 12.6. The summed E-state index contributed by atoms with van der Waals surface area (Å²) in [6.07, 6.45) is -1.72. The lowest BCUT2D eigenvalue weighted by atomic mass is 9.96. The molecule has 6 heteroatoms. The van der Waals surface area contributed by atoms with Crippen LogP contribution in [-0.4, -0.2) is 0 Å². The molecule has 0 unspecified atom stereocenters. The number of alkyl halides is 3. The number of halogens is 5. The second-order valence-corrected chi connectivity index (χ2v) is 4.89. The van der Waals surface area contributed by atoms with Crippen LogP contribution < -0.4 is 5.73 Å². The number of benzene rings is 1. The largest absolute Gasteiger partial charge is 0.416 e. The van der Waals surface area contributed by atoms with Crippen LogP contribution in [0.15, 0.2) is 18.2 Å². The van der Waals surface area contributed by atoms with Crippen molar-refractivity contribution in [3.63, 3.8) is 0 Å². The van der Waals surface area contributed by atoms with Crippen LogP contribution in [0.4, 0.5) is 13.2 Å². The lowest BCUT2D eigenvalue weighted by Crippen LogP contribution is -2.18. The van der Waals surface area contributed by atoms with E-state index in [1.54, 1.807) is 0 Å². The molecule has 0 saturated heterocycles. The predicted octanol–water partition coefficient (Wildman–Crippen LogP) is 4.58. The molecule has 2 N–H and O–H groups in total. The topological polar surface area (TPSA) is 26.0 Å². The van der Waals surface area contributed by atoms with Crippen molar-refractivity contribution in [2.24, 2.45) is 11.7 Å². The van der Waals surface area contributed by atoms with Crippen LogP contribution in [-0.2, 0) is 6.18 Å². The van der Waals surface area contributed by atoms with E-state index in [0.29, 0.717) is 12.3 Å². The lowest BCUT2D eigenvalue weighted by molar-refractivity contribution is -0.138. The number of nitrogens with two attached hydrogens (primary N) is 1. The monoisotopic (exact) mass is 299 g/mol. The van der Waals surface area contributed by atoms with Gasteiger partial charge in [0.05, 0.1) is 5.56 Å². The molecule has 1 nitrogen and oxygen atoms in total. The van der Waals surface area contributed by atoms with Gasteiger partial charge in [0.2, 0.25) is 0 Å². The Kier molecular flexibility index (Phi) is 4.92. The van der Waals surface area contributed by atoms with E-state index < -0.39 is 17.8 Å². The Balaban J connectivity index is 0.00000162. The zero-order valence-corrected chi connectivity index (χ0v) is 11.1. The molecule has 0 heterocycles. The maximum atomic E-state index is 12.8. The molecule has 18 heavy (non-hydrogen) atoms. The van der Waals surface area contributed by atoms with Gasteiger partial charge in [-0.3, -0.25) is 0 Å². The summed E-state index contributed by atoms with van der Waals surface area (Å²) in [6.45, 7) is 0. The average molecular weight is 300 g/mol. The molecule has 1 atom stereocenters. The summed E-state index contributed by atoms with van der Waals surface area (Å²) in [5, 5.41) is 0.105. The summed E-state index contributed by atoms with van der Waals surface area (Å²) in [5.74, 6) is 0.461. The summed E-state index contributed by atoms with van der Waals surface area (Å²) < 4.78 is 38.5. The molecule has 102 valence electrons. The fourth-order valence-electron chi connectivity index (χ4n) is 1.99. The van der Waals surface area contributed by atoms with Crippen LogP contribution >= 0.6 is 24.0 Å². The second kappa shape index (κ2) is 5.68. The van der Waals surface area contributed by atoms with E-state index in [-0.39, 0.29) is 23.0 Å². The molecule has 1 aromatic rings. The van der Waals surface area contributed by atoms with E-state index in [1.807, 2.05) is 0 Å². The second-order valence-electron chi connectivity index (χ2n) is 4.48. The van der Waals surface area contributed by atoms with Gasteiger partial charge >= 0.3 is 6.18 Å². The smallest absolute Gasteiger partial charge is 0.324 e. The van der Waals surface area contributed by atoms with Gasteiger partial charge in [0, 0.05) is 11.1 Å².